The summed E-state index contributed by atoms with van der Waals surface area (Å²) >= 11 is 0. The third kappa shape index (κ3) is 5.77. The highest BCUT2D eigenvalue weighted by atomic mass is 32.2. The molecule has 2 aromatic carbocycles. The molecule has 4 N–H and O–H groups in total. The number of pyridine rings is 1. The van der Waals surface area contributed by atoms with Gasteiger partial charge in [0.1, 0.15) is 28.2 Å². The third-order valence-electron chi connectivity index (χ3n) is 5.22. The first-order chi connectivity index (χ1) is 17.3. The number of aliphatic hydroxyl groups is 2. The fraction of sp³-hybridized carbons (Fsp3) is 0.250. The standard InChI is InChI=1S/C24H27N7O4S/c1-17-19(16-25)23(26-12-14-32)28-24(27-13-15-33)22(17)30-29-20-10-6-7-11-21(20)36(34,35)31(2)18-8-4-3-5-9-18/h3-11,32-33H,12-15H2,1-2H3,(H2,26,27,28). The molecule has 1 heterocycles. The number of rotatable bonds is 11. The van der Waals surface area contributed by atoms with Gasteiger partial charge in [-0.3, -0.25) is 4.31 Å². The Kier molecular flexibility index (Phi) is 8.91. The van der Waals surface area contributed by atoms with Crippen LogP contribution in [0, 0.1) is 18.3 Å². The van der Waals surface area contributed by atoms with Gasteiger partial charge < -0.3 is 20.8 Å². The zero-order chi connectivity index (χ0) is 26.1. The van der Waals surface area contributed by atoms with Crippen LogP contribution in [0.3, 0.4) is 0 Å². The minimum Gasteiger partial charge on any atom is -0.395 e. The van der Waals surface area contributed by atoms with Gasteiger partial charge in [-0.25, -0.2) is 13.4 Å². The average Bonchev–Trinajstić information content (AvgIpc) is 2.90. The number of aromatic nitrogens is 1. The van der Waals surface area contributed by atoms with Crippen molar-refractivity contribution in [1.29, 1.82) is 5.26 Å². The van der Waals surface area contributed by atoms with Crippen molar-refractivity contribution in [3.8, 4) is 6.07 Å². The molecular formula is C24H27N7O4S. The lowest BCUT2D eigenvalue weighted by Gasteiger charge is -2.20. The normalized spacial score (nSPS) is 11.3. The summed E-state index contributed by atoms with van der Waals surface area (Å²) in [4.78, 5) is 4.34. The van der Waals surface area contributed by atoms with Gasteiger partial charge in [0.25, 0.3) is 10.0 Å². The number of anilines is 3. The van der Waals surface area contributed by atoms with Crippen molar-refractivity contribution in [1.82, 2.24) is 4.98 Å². The number of nitrogens with zero attached hydrogens (tertiary/aromatic N) is 5. The predicted molar refractivity (Wildman–Crippen MR) is 137 cm³/mol. The molecule has 1 aromatic heterocycles. The van der Waals surface area contributed by atoms with Gasteiger partial charge >= 0.3 is 0 Å². The van der Waals surface area contributed by atoms with E-state index in [9.17, 15) is 18.8 Å². The van der Waals surface area contributed by atoms with Crippen LogP contribution in [-0.2, 0) is 10.0 Å². The second-order valence-electron chi connectivity index (χ2n) is 7.55. The molecule has 0 unspecified atom stereocenters. The van der Waals surface area contributed by atoms with E-state index in [1.165, 1.54) is 19.2 Å². The van der Waals surface area contributed by atoms with Crippen LogP contribution in [0.4, 0.5) is 28.7 Å². The molecule has 0 aliphatic heterocycles. The Hall–Kier alpha value is -4.05. The minimum absolute atomic E-state index is 0.0441. The molecule has 188 valence electrons. The van der Waals surface area contributed by atoms with Gasteiger partial charge in [0.05, 0.1) is 24.5 Å². The van der Waals surface area contributed by atoms with Crippen LogP contribution in [0.2, 0.25) is 0 Å². The van der Waals surface area contributed by atoms with Crippen LogP contribution in [0.1, 0.15) is 11.1 Å². The molecule has 0 amide bonds. The molecule has 36 heavy (non-hydrogen) atoms. The van der Waals surface area contributed by atoms with E-state index >= 15 is 0 Å². The smallest absolute Gasteiger partial charge is 0.266 e. The lowest BCUT2D eigenvalue weighted by molar-refractivity contribution is 0.311. The van der Waals surface area contributed by atoms with Crippen LogP contribution in [-0.4, -0.2) is 57.0 Å². The molecule has 3 aromatic rings. The van der Waals surface area contributed by atoms with Crippen molar-refractivity contribution in [3.63, 3.8) is 0 Å². The number of sulfonamides is 1. The molecule has 0 saturated heterocycles. The number of hydrogen-bond acceptors (Lipinski definition) is 10. The van der Waals surface area contributed by atoms with Crippen molar-refractivity contribution in [3.05, 3.63) is 65.7 Å². The molecule has 0 spiro atoms. The fourth-order valence-corrected chi connectivity index (χ4v) is 4.66. The first-order valence-corrected chi connectivity index (χ1v) is 12.5. The zero-order valence-electron chi connectivity index (χ0n) is 19.9. The topological polar surface area (TPSA) is 163 Å². The van der Waals surface area contributed by atoms with Gasteiger partial charge in [0.2, 0.25) is 0 Å². The highest BCUT2D eigenvalue weighted by molar-refractivity contribution is 7.93. The summed E-state index contributed by atoms with van der Waals surface area (Å²) in [5.41, 5.74) is 1.46. The molecule has 0 aliphatic rings. The van der Waals surface area contributed by atoms with Gasteiger partial charge in [0.15, 0.2) is 5.82 Å². The summed E-state index contributed by atoms with van der Waals surface area (Å²) in [6, 6.07) is 17.0. The zero-order valence-corrected chi connectivity index (χ0v) is 20.7. The van der Waals surface area contributed by atoms with E-state index < -0.39 is 10.0 Å². The van der Waals surface area contributed by atoms with E-state index in [1.54, 1.807) is 49.4 Å². The second-order valence-corrected chi connectivity index (χ2v) is 9.48. The average molecular weight is 510 g/mol. The molecule has 0 radical (unpaired) electrons. The number of para-hydroxylation sites is 1. The number of aliphatic hydroxyl groups excluding tert-OH is 2. The van der Waals surface area contributed by atoms with Crippen molar-refractivity contribution in [2.75, 3.05) is 48.3 Å². The third-order valence-corrected chi connectivity index (χ3v) is 7.05. The van der Waals surface area contributed by atoms with E-state index in [-0.39, 0.29) is 59.8 Å². The first-order valence-electron chi connectivity index (χ1n) is 11.0. The fourth-order valence-electron chi connectivity index (χ4n) is 3.34. The van der Waals surface area contributed by atoms with Gasteiger partial charge in [-0.2, -0.15) is 5.26 Å². The van der Waals surface area contributed by atoms with E-state index in [0.29, 0.717) is 11.3 Å². The van der Waals surface area contributed by atoms with Crippen LogP contribution in [0.25, 0.3) is 0 Å². The largest absolute Gasteiger partial charge is 0.395 e. The SMILES string of the molecule is Cc1c(C#N)c(NCCO)nc(NCCO)c1N=Nc1ccccc1S(=O)(=O)N(C)c1ccccc1. The van der Waals surface area contributed by atoms with E-state index in [4.69, 9.17) is 5.11 Å². The van der Waals surface area contributed by atoms with E-state index in [1.807, 2.05) is 0 Å². The number of azo groups is 1. The number of nitriles is 1. The van der Waals surface area contributed by atoms with Crippen LogP contribution in [0.15, 0.2) is 69.7 Å². The number of hydrogen-bond donors (Lipinski definition) is 4. The van der Waals surface area contributed by atoms with E-state index in [0.717, 1.165) is 4.31 Å². The number of benzene rings is 2. The van der Waals surface area contributed by atoms with Gasteiger partial charge in [0, 0.05) is 25.7 Å². The summed E-state index contributed by atoms with van der Waals surface area (Å²) in [5, 5.41) is 42.4. The second kappa shape index (κ2) is 12.1. The van der Waals surface area contributed by atoms with Crippen LogP contribution >= 0.6 is 0 Å². The maximum Gasteiger partial charge on any atom is 0.266 e. The molecule has 0 aliphatic carbocycles. The molecule has 0 saturated carbocycles. The van der Waals surface area contributed by atoms with Crippen molar-refractivity contribution < 1.29 is 18.6 Å². The summed E-state index contributed by atoms with van der Waals surface area (Å²) in [6.07, 6.45) is 0. The Morgan fingerprint density at radius 2 is 1.58 bits per heavy atom. The highest BCUT2D eigenvalue weighted by Gasteiger charge is 2.25. The Bertz CT molecular complexity index is 1370. The quantitative estimate of drug-likeness (QED) is 0.286. The first kappa shape index (κ1) is 26.6. The van der Waals surface area contributed by atoms with Gasteiger partial charge in [-0.15, -0.1) is 10.2 Å². The Morgan fingerprint density at radius 1 is 0.972 bits per heavy atom. The van der Waals surface area contributed by atoms with Gasteiger partial charge in [-0.1, -0.05) is 30.3 Å². The molecule has 11 nitrogen and oxygen atoms in total. The van der Waals surface area contributed by atoms with Gasteiger partial charge in [-0.05, 0) is 31.2 Å². The Balaban J connectivity index is 2.08. The van der Waals surface area contributed by atoms with Crippen molar-refractivity contribution in [2.45, 2.75) is 11.8 Å². The maximum absolute atomic E-state index is 13.4. The summed E-state index contributed by atoms with van der Waals surface area (Å²) in [7, 11) is -2.50. The van der Waals surface area contributed by atoms with Crippen molar-refractivity contribution >= 4 is 38.7 Å². The summed E-state index contributed by atoms with van der Waals surface area (Å²) in [6.45, 7) is 1.67. The minimum atomic E-state index is -3.96. The molecule has 0 fully saturated rings. The molecule has 3 rings (SSSR count). The monoisotopic (exact) mass is 509 g/mol. The highest BCUT2D eigenvalue weighted by Crippen LogP contribution is 2.36. The predicted octanol–water partition coefficient (Wildman–Crippen LogP) is 3.31. The summed E-state index contributed by atoms with van der Waals surface area (Å²) < 4.78 is 27.9. The Labute approximate surface area is 209 Å². The lowest BCUT2D eigenvalue weighted by atomic mass is 10.1. The molecule has 12 heteroatoms. The molecular weight excluding hydrogens is 482 g/mol. The molecule has 0 atom stereocenters. The lowest BCUT2D eigenvalue weighted by Crippen LogP contribution is -2.26. The van der Waals surface area contributed by atoms with E-state index in [2.05, 4.69) is 31.9 Å². The van der Waals surface area contributed by atoms with Crippen LogP contribution in [0.5, 0.6) is 0 Å². The van der Waals surface area contributed by atoms with Crippen LogP contribution < -0.4 is 14.9 Å². The molecule has 0 bridgehead atoms. The number of nitrogens with one attached hydrogen (secondary N) is 2. The Morgan fingerprint density at radius 3 is 2.22 bits per heavy atom. The maximum atomic E-state index is 13.4. The van der Waals surface area contributed by atoms with Crippen molar-refractivity contribution in [2.24, 2.45) is 10.2 Å². The summed E-state index contributed by atoms with van der Waals surface area (Å²) in [5.74, 6) is 0.488.